The van der Waals surface area contributed by atoms with Crippen molar-refractivity contribution in [1.29, 1.82) is 0 Å². The lowest BCUT2D eigenvalue weighted by molar-refractivity contribution is -0.0403. The van der Waals surface area contributed by atoms with E-state index in [1.54, 1.807) is 0 Å². The maximum absolute atomic E-state index is 6.15. The van der Waals surface area contributed by atoms with E-state index in [-0.39, 0.29) is 17.6 Å². The third-order valence-corrected chi connectivity index (χ3v) is 4.29. The molecular weight excluding hydrogens is 210 g/mol. The zero-order valence-electron chi connectivity index (χ0n) is 11.5. The van der Waals surface area contributed by atoms with Crippen LogP contribution >= 0.6 is 0 Å². The van der Waals surface area contributed by atoms with Crippen molar-refractivity contribution in [3.8, 4) is 5.75 Å². The first-order valence-electron chi connectivity index (χ1n) is 6.32. The maximum atomic E-state index is 6.15. The van der Waals surface area contributed by atoms with E-state index in [4.69, 9.17) is 10.5 Å². The molecule has 1 aliphatic rings. The van der Waals surface area contributed by atoms with Crippen LogP contribution in [0.2, 0.25) is 0 Å². The lowest BCUT2D eigenvalue weighted by Gasteiger charge is -2.49. The second-order valence-corrected chi connectivity index (χ2v) is 5.98. The van der Waals surface area contributed by atoms with Crippen LogP contribution in [0.5, 0.6) is 5.75 Å². The van der Waals surface area contributed by atoms with E-state index in [9.17, 15) is 0 Å². The minimum absolute atomic E-state index is 0.0874. The fraction of sp³-hybridized carbons (Fsp3) is 0.600. The van der Waals surface area contributed by atoms with Crippen molar-refractivity contribution in [2.24, 2.45) is 11.1 Å². The Kier molecular flexibility index (Phi) is 2.94. The molecule has 2 nitrogen and oxygen atoms in total. The fourth-order valence-electron chi connectivity index (χ4n) is 2.39. The van der Waals surface area contributed by atoms with Gasteiger partial charge in [0.1, 0.15) is 11.9 Å². The first-order valence-corrected chi connectivity index (χ1v) is 6.32. The fourth-order valence-corrected chi connectivity index (χ4v) is 2.39. The van der Waals surface area contributed by atoms with Crippen molar-refractivity contribution in [2.45, 2.75) is 53.2 Å². The van der Waals surface area contributed by atoms with Crippen molar-refractivity contribution in [3.05, 3.63) is 28.8 Å². The highest BCUT2D eigenvalue weighted by Gasteiger charge is 2.48. The molecule has 2 rings (SSSR count). The second kappa shape index (κ2) is 4.02. The van der Waals surface area contributed by atoms with Gasteiger partial charge >= 0.3 is 0 Å². The van der Waals surface area contributed by atoms with Crippen LogP contribution in [-0.4, -0.2) is 12.1 Å². The van der Waals surface area contributed by atoms with Gasteiger partial charge in [-0.25, -0.2) is 0 Å². The summed E-state index contributed by atoms with van der Waals surface area (Å²) in [5.74, 6) is 1.02. The molecule has 0 radical (unpaired) electrons. The van der Waals surface area contributed by atoms with Crippen LogP contribution in [0.3, 0.4) is 0 Å². The predicted molar refractivity (Wildman–Crippen MR) is 71.4 cm³/mol. The number of nitrogens with two attached hydrogens (primary N) is 1. The number of hydrogen-bond donors (Lipinski definition) is 1. The molecule has 2 atom stereocenters. The third kappa shape index (κ3) is 2.06. The molecule has 2 heteroatoms. The lowest BCUT2D eigenvalue weighted by Crippen LogP contribution is -2.60. The molecule has 94 valence electrons. The average molecular weight is 233 g/mol. The van der Waals surface area contributed by atoms with Gasteiger partial charge in [-0.15, -0.1) is 0 Å². The molecule has 0 saturated heterocycles. The van der Waals surface area contributed by atoms with Crippen molar-refractivity contribution in [3.63, 3.8) is 0 Å². The first-order chi connectivity index (χ1) is 7.82. The van der Waals surface area contributed by atoms with E-state index in [1.807, 2.05) is 0 Å². The van der Waals surface area contributed by atoms with Gasteiger partial charge in [0, 0.05) is 17.9 Å². The molecule has 1 aromatic carbocycles. The molecule has 2 N–H and O–H groups in total. The number of rotatable bonds is 2. The molecule has 0 bridgehead atoms. The zero-order chi connectivity index (χ0) is 12.8. The van der Waals surface area contributed by atoms with Crippen LogP contribution in [-0.2, 0) is 0 Å². The van der Waals surface area contributed by atoms with Crippen molar-refractivity contribution < 1.29 is 4.74 Å². The summed E-state index contributed by atoms with van der Waals surface area (Å²) in [5, 5.41) is 0. The molecule has 1 saturated carbocycles. The summed E-state index contributed by atoms with van der Waals surface area (Å²) in [6, 6.07) is 4.58. The van der Waals surface area contributed by atoms with E-state index in [0.717, 1.165) is 12.2 Å². The summed E-state index contributed by atoms with van der Waals surface area (Å²) >= 11 is 0. The molecule has 0 heterocycles. The van der Waals surface area contributed by atoms with Gasteiger partial charge in [-0.05, 0) is 43.5 Å². The Balaban J connectivity index is 2.20. The van der Waals surface area contributed by atoms with Crippen LogP contribution in [0.15, 0.2) is 12.1 Å². The SMILES string of the molecule is Cc1cc(C)c(C)c(OC2CC(N)C2(C)C)c1. The third-order valence-electron chi connectivity index (χ3n) is 4.29. The monoisotopic (exact) mass is 233 g/mol. The molecule has 0 spiro atoms. The molecule has 1 aliphatic carbocycles. The zero-order valence-corrected chi connectivity index (χ0v) is 11.5. The summed E-state index contributed by atoms with van der Waals surface area (Å²) < 4.78 is 6.15. The van der Waals surface area contributed by atoms with E-state index >= 15 is 0 Å². The summed E-state index contributed by atoms with van der Waals surface area (Å²) in [5.41, 5.74) is 9.90. The average Bonchev–Trinajstić information content (AvgIpc) is 2.24. The highest BCUT2D eigenvalue weighted by molar-refractivity contribution is 5.42. The molecule has 1 aromatic rings. The first kappa shape index (κ1) is 12.4. The maximum Gasteiger partial charge on any atom is 0.123 e. The van der Waals surface area contributed by atoms with Gasteiger partial charge in [-0.2, -0.15) is 0 Å². The summed E-state index contributed by atoms with van der Waals surface area (Å²) in [6.07, 6.45) is 1.21. The topological polar surface area (TPSA) is 35.2 Å². The van der Waals surface area contributed by atoms with Gasteiger partial charge in [0.05, 0.1) is 0 Å². The van der Waals surface area contributed by atoms with E-state index < -0.39 is 0 Å². The molecular formula is C15H23NO. The van der Waals surface area contributed by atoms with E-state index in [0.29, 0.717) is 0 Å². The lowest BCUT2D eigenvalue weighted by atomic mass is 9.65. The number of aryl methyl sites for hydroxylation is 2. The van der Waals surface area contributed by atoms with Crippen molar-refractivity contribution in [1.82, 2.24) is 0 Å². The van der Waals surface area contributed by atoms with Gasteiger partial charge in [0.25, 0.3) is 0 Å². The minimum Gasteiger partial charge on any atom is -0.489 e. The Morgan fingerprint density at radius 3 is 2.41 bits per heavy atom. The van der Waals surface area contributed by atoms with Crippen LogP contribution in [0.4, 0.5) is 0 Å². The molecule has 2 unspecified atom stereocenters. The normalized spacial score (nSPS) is 26.5. The quantitative estimate of drug-likeness (QED) is 0.852. The van der Waals surface area contributed by atoms with E-state index in [1.165, 1.54) is 16.7 Å². The van der Waals surface area contributed by atoms with Gasteiger partial charge < -0.3 is 10.5 Å². The largest absolute Gasteiger partial charge is 0.489 e. The number of benzene rings is 1. The van der Waals surface area contributed by atoms with Crippen molar-refractivity contribution >= 4 is 0 Å². The van der Waals surface area contributed by atoms with Crippen LogP contribution in [0, 0.1) is 26.2 Å². The van der Waals surface area contributed by atoms with E-state index in [2.05, 4.69) is 46.8 Å². The Morgan fingerprint density at radius 2 is 1.88 bits per heavy atom. The van der Waals surface area contributed by atoms with Gasteiger partial charge in [-0.1, -0.05) is 19.9 Å². The highest BCUT2D eigenvalue weighted by Crippen LogP contribution is 2.42. The molecule has 1 fully saturated rings. The predicted octanol–water partition coefficient (Wildman–Crippen LogP) is 3.12. The minimum atomic E-state index is 0.0874. The van der Waals surface area contributed by atoms with Gasteiger partial charge in [0.15, 0.2) is 0 Å². The van der Waals surface area contributed by atoms with Crippen molar-refractivity contribution in [2.75, 3.05) is 0 Å². The summed E-state index contributed by atoms with van der Waals surface area (Å²) in [4.78, 5) is 0. The molecule has 17 heavy (non-hydrogen) atoms. The Hall–Kier alpha value is -1.02. The molecule has 0 aromatic heterocycles. The van der Waals surface area contributed by atoms with Gasteiger partial charge in [-0.3, -0.25) is 0 Å². The Labute approximate surface area is 104 Å². The smallest absolute Gasteiger partial charge is 0.123 e. The number of ether oxygens (including phenoxy) is 1. The number of hydrogen-bond acceptors (Lipinski definition) is 2. The second-order valence-electron chi connectivity index (χ2n) is 5.98. The standard InChI is InChI=1S/C15H23NO/c1-9-6-10(2)11(3)12(7-9)17-14-8-13(16)15(14,4)5/h6-7,13-14H,8,16H2,1-5H3. The summed E-state index contributed by atoms with van der Waals surface area (Å²) in [6.45, 7) is 10.7. The molecule has 0 aliphatic heterocycles. The molecule has 0 amide bonds. The van der Waals surface area contributed by atoms with Gasteiger partial charge in [0.2, 0.25) is 0 Å². The van der Waals surface area contributed by atoms with Crippen LogP contribution in [0.1, 0.15) is 37.0 Å². The van der Waals surface area contributed by atoms with Crippen LogP contribution < -0.4 is 10.5 Å². The highest BCUT2D eigenvalue weighted by atomic mass is 16.5. The summed E-state index contributed by atoms with van der Waals surface area (Å²) in [7, 11) is 0. The Morgan fingerprint density at radius 1 is 1.24 bits per heavy atom. The van der Waals surface area contributed by atoms with Crippen LogP contribution in [0.25, 0.3) is 0 Å². The Bertz CT molecular complexity index is 437.